The van der Waals surface area contributed by atoms with Crippen molar-refractivity contribution in [2.24, 2.45) is 0 Å². The molecule has 0 fully saturated rings. The van der Waals surface area contributed by atoms with Gasteiger partial charge in [-0.2, -0.15) is 0 Å². The van der Waals surface area contributed by atoms with Gasteiger partial charge < -0.3 is 5.32 Å². The van der Waals surface area contributed by atoms with Crippen LogP contribution in [0.15, 0.2) is 28.7 Å². The SMILES string of the molecule is CCCNC(Cc1ccc(F)c(Br)c1)c1cc(Cl)sc1Cl. The van der Waals surface area contributed by atoms with Crippen molar-refractivity contribution in [3.05, 3.63) is 54.4 Å². The number of halogens is 4. The second kappa shape index (κ2) is 7.93. The van der Waals surface area contributed by atoms with Gasteiger partial charge in [-0.05, 0) is 59.1 Å². The fraction of sp³-hybridized carbons (Fsp3) is 0.333. The maximum Gasteiger partial charge on any atom is 0.137 e. The molecule has 1 aromatic heterocycles. The normalized spacial score (nSPS) is 12.6. The molecule has 6 heteroatoms. The molecule has 0 aliphatic carbocycles. The first-order valence-corrected chi connectivity index (χ1v) is 8.99. The molecule has 0 amide bonds. The molecule has 0 spiro atoms. The third-order valence-electron chi connectivity index (χ3n) is 3.12. The zero-order valence-electron chi connectivity index (χ0n) is 11.4. The summed E-state index contributed by atoms with van der Waals surface area (Å²) in [7, 11) is 0. The molecule has 0 radical (unpaired) electrons. The molecule has 2 rings (SSSR count). The largest absolute Gasteiger partial charge is 0.310 e. The fourth-order valence-electron chi connectivity index (χ4n) is 2.10. The first-order chi connectivity index (χ1) is 10.0. The Balaban J connectivity index is 2.23. The summed E-state index contributed by atoms with van der Waals surface area (Å²) in [4.78, 5) is 0. The topological polar surface area (TPSA) is 12.0 Å². The zero-order valence-corrected chi connectivity index (χ0v) is 15.3. The van der Waals surface area contributed by atoms with Gasteiger partial charge in [0.15, 0.2) is 0 Å². The zero-order chi connectivity index (χ0) is 15.4. The van der Waals surface area contributed by atoms with Crippen molar-refractivity contribution in [1.29, 1.82) is 0 Å². The minimum atomic E-state index is -0.256. The Kier molecular flexibility index (Phi) is 6.51. The summed E-state index contributed by atoms with van der Waals surface area (Å²) in [5, 5.41) is 3.48. The van der Waals surface area contributed by atoms with E-state index in [1.807, 2.05) is 6.07 Å². The van der Waals surface area contributed by atoms with Crippen LogP contribution in [0.5, 0.6) is 0 Å². The van der Waals surface area contributed by atoms with Gasteiger partial charge in [0.2, 0.25) is 0 Å². The lowest BCUT2D eigenvalue weighted by Crippen LogP contribution is -2.24. The molecule has 0 aliphatic rings. The highest BCUT2D eigenvalue weighted by Gasteiger charge is 2.18. The van der Waals surface area contributed by atoms with Crippen molar-refractivity contribution in [2.75, 3.05) is 6.54 Å². The predicted octanol–water partition coefficient (Wildman–Crippen LogP) is 6.24. The smallest absolute Gasteiger partial charge is 0.137 e. The first kappa shape index (κ1) is 17.2. The number of hydrogen-bond donors (Lipinski definition) is 1. The summed E-state index contributed by atoms with van der Waals surface area (Å²) in [6, 6.07) is 7.04. The van der Waals surface area contributed by atoms with Crippen LogP contribution in [0, 0.1) is 5.82 Å². The minimum absolute atomic E-state index is 0.0681. The molecular weight excluding hydrogens is 396 g/mol. The third-order valence-corrected chi connectivity index (χ3v) is 5.25. The van der Waals surface area contributed by atoms with Crippen LogP contribution in [0.1, 0.15) is 30.5 Å². The molecule has 1 unspecified atom stereocenters. The number of nitrogens with one attached hydrogen (secondary N) is 1. The molecule has 1 atom stereocenters. The minimum Gasteiger partial charge on any atom is -0.310 e. The Morgan fingerprint density at radius 3 is 2.67 bits per heavy atom. The fourth-order valence-corrected chi connectivity index (χ4v) is 4.11. The Hall–Kier alpha value is -0.130. The summed E-state index contributed by atoms with van der Waals surface area (Å²) in [5.41, 5.74) is 2.04. The summed E-state index contributed by atoms with van der Waals surface area (Å²) < 4.78 is 15.2. The van der Waals surface area contributed by atoms with E-state index in [0.717, 1.165) is 30.5 Å². The Morgan fingerprint density at radius 1 is 1.33 bits per heavy atom. The van der Waals surface area contributed by atoms with E-state index in [1.54, 1.807) is 12.1 Å². The highest BCUT2D eigenvalue weighted by atomic mass is 79.9. The highest BCUT2D eigenvalue weighted by Crippen LogP contribution is 2.36. The molecule has 0 bridgehead atoms. The lowest BCUT2D eigenvalue weighted by molar-refractivity contribution is 0.529. The molecule has 1 aromatic carbocycles. The van der Waals surface area contributed by atoms with Crippen molar-refractivity contribution < 1.29 is 4.39 Å². The van der Waals surface area contributed by atoms with E-state index in [-0.39, 0.29) is 11.9 Å². The van der Waals surface area contributed by atoms with Crippen molar-refractivity contribution in [3.63, 3.8) is 0 Å². The second-order valence-electron chi connectivity index (χ2n) is 4.74. The maximum absolute atomic E-state index is 13.3. The van der Waals surface area contributed by atoms with Gasteiger partial charge in [-0.25, -0.2) is 4.39 Å². The Labute approximate surface area is 146 Å². The molecule has 0 saturated carbocycles. The molecule has 1 heterocycles. The third kappa shape index (κ3) is 4.67. The average molecular weight is 411 g/mol. The van der Waals surface area contributed by atoms with Crippen LogP contribution in [0.3, 0.4) is 0 Å². The van der Waals surface area contributed by atoms with Gasteiger partial charge in [-0.1, -0.05) is 36.2 Å². The van der Waals surface area contributed by atoms with Gasteiger partial charge in [0.25, 0.3) is 0 Å². The van der Waals surface area contributed by atoms with E-state index < -0.39 is 0 Å². The number of benzene rings is 1. The molecule has 1 nitrogen and oxygen atoms in total. The van der Waals surface area contributed by atoms with E-state index in [4.69, 9.17) is 23.2 Å². The van der Waals surface area contributed by atoms with Crippen LogP contribution >= 0.6 is 50.5 Å². The van der Waals surface area contributed by atoms with E-state index in [1.165, 1.54) is 17.4 Å². The van der Waals surface area contributed by atoms with Crippen LogP contribution in [0.4, 0.5) is 4.39 Å². The quantitative estimate of drug-likeness (QED) is 0.594. The predicted molar refractivity (Wildman–Crippen MR) is 93.2 cm³/mol. The summed E-state index contributed by atoms with van der Waals surface area (Å²) >= 11 is 16.9. The first-order valence-electron chi connectivity index (χ1n) is 6.63. The van der Waals surface area contributed by atoms with Crippen LogP contribution < -0.4 is 5.32 Å². The number of rotatable bonds is 6. The van der Waals surface area contributed by atoms with E-state index >= 15 is 0 Å². The van der Waals surface area contributed by atoms with Crippen molar-refractivity contribution in [2.45, 2.75) is 25.8 Å². The van der Waals surface area contributed by atoms with Crippen molar-refractivity contribution in [3.8, 4) is 0 Å². The van der Waals surface area contributed by atoms with Gasteiger partial charge >= 0.3 is 0 Å². The van der Waals surface area contributed by atoms with E-state index in [9.17, 15) is 4.39 Å². The molecule has 1 N–H and O–H groups in total. The lowest BCUT2D eigenvalue weighted by atomic mass is 10.0. The highest BCUT2D eigenvalue weighted by molar-refractivity contribution is 9.10. The van der Waals surface area contributed by atoms with Gasteiger partial charge in [-0.3, -0.25) is 0 Å². The molecule has 2 aromatic rings. The van der Waals surface area contributed by atoms with Crippen molar-refractivity contribution >= 4 is 50.5 Å². The Bertz CT molecular complexity index is 618. The van der Waals surface area contributed by atoms with E-state index in [2.05, 4.69) is 28.2 Å². The van der Waals surface area contributed by atoms with Gasteiger partial charge in [0.1, 0.15) is 5.82 Å². The average Bonchev–Trinajstić information content (AvgIpc) is 2.77. The van der Waals surface area contributed by atoms with E-state index in [0.29, 0.717) is 13.1 Å². The number of thiophene rings is 1. The molecule has 0 saturated heterocycles. The van der Waals surface area contributed by atoms with Crippen LogP contribution in [-0.2, 0) is 6.42 Å². The van der Waals surface area contributed by atoms with Gasteiger partial charge in [0.05, 0.1) is 13.1 Å². The summed E-state index contributed by atoms with van der Waals surface area (Å²) in [5.74, 6) is -0.256. The monoisotopic (exact) mass is 409 g/mol. The van der Waals surface area contributed by atoms with Crippen LogP contribution in [-0.4, -0.2) is 6.54 Å². The van der Waals surface area contributed by atoms with Gasteiger partial charge in [0, 0.05) is 11.6 Å². The maximum atomic E-state index is 13.3. The molecule has 21 heavy (non-hydrogen) atoms. The number of hydrogen-bond acceptors (Lipinski definition) is 2. The van der Waals surface area contributed by atoms with Crippen LogP contribution in [0.2, 0.25) is 8.67 Å². The summed E-state index contributed by atoms with van der Waals surface area (Å²) in [6.45, 7) is 3.00. The second-order valence-corrected chi connectivity index (χ2v) is 7.88. The standard InChI is InChI=1S/C15H15BrCl2FNS/c1-2-5-20-13(10-8-14(17)21-15(10)18)7-9-3-4-12(19)11(16)6-9/h3-4,6,8,13,20H,2,5,7H2,1H3. The lowest BCUT2D eigenvalue weighted by Gasteiger charge is -2.18. The summed E-state index contributed by atoms with van der Waals surface area (Å²) in [6.07, 6.45) is 1.75. The van der Waals surface area contributed by atoms with Crippen molar-refractivity contribution in [1.82, 2.24) is 5.32 Å². The van der Waals surface area contributed by atoms with Gasteiger partial charge in [-0.15, -0.1) is 11.3 Å². The molecular formula is C15H15BrCl2FNS. The van der Waals surface area contributed by atoms with Crippen LogP contribution in [0.25, 0.3) is 0 Å². The molecule has 114 valence electrons. The molecule has 0 aliphatic heterocycles. The Morgan fingerprint density at radius 2 is 2.10 bits per heavy atom.